The minimum Gasteiger partial charge on any atom is -0.465 e. The fourth-order valence-corrected chi connectivity index (χ4v) is 6.78. The summed E-state index contributed by atoms with van der Waals surface area (Å²) < 4.78 is 42.2. The fraction of sp³-hybridized carbons (Fsp3) is 0.417. The molecule has 0 spiro atoms. The van der Waals surface area contributed by atoms with E-state index < -0.39 is 41.5 Å². The zero-order valence-electron chi connectivity index (χ0n) is 20.4. The van der Waals surface area contributed by atoms with Crippen LogP contribution < -0.4 is 10.6 Å². The van der Waals surface area contributed by atoms with Gasteiger partial charge < -0.3 is 20.1 Å². The lowest BCUT2D eigenvalue weighted by molar-refractivity contribution is -0.138. The molecule has 1 amide bonds. The number of pyridine rings is 1. The number of carbonyl (C=O) groups is 1. The lowest BCUT2D eigenvalue weighted by Gasteiger charge is -2.43. The van der Waals surface area contributed by atoms with Crippen molar-refractivity contribution in [2.24, 2.45) is 0 Å². The molecule has 3 N–H and O–H groups in total. The molecule has 0 radical (unpaired) electrons. The van der Waals surface area contributed by atoms with Gasteiger partial charge in [-0.05, 0) is 48.0 Å². The number of benzene rings is 1. The minimum atomic E-state index is -4.71. The van der Waals surface area contributed by atoms with Crippen LogP contribution in [0.1, 0.15) is 31.0 Å². The van der Waals surface area contributed by atoms with Gasteiger partial charge in [-0.25, -0.2) is 9.59 Å². The van der Waals surface area contributed by atoms with Crippen molar-refractivity contribution in [3.8, 4) is 0 Å². The highest BCUT2D eigenvalue weighted by Gasteiger charge is 2.38. The van der Waals surface area contributed by atoms with Crippen molar-refractivity contribution in [2.45, 2.75) is 42.9 Å². The number of nitrogens with zero attached hydrogens (tertiary/aromatic N) is 4. The predicted molar refractivity (Wildman–Crippen MR) is 141 cm³/mol. The summed E-state index contributed by atoms with van der Waals surface area (Å²) in [6.45, 7) is 3.41. The Kier molecular flexibility index (Phi) is 8.23. The average Bonchev–Trinajstić information content (AvgIpc) is 2.84. The third-order valence-corrected chi connectivity index (χ3v) is 8.75. The maximum absolute atomic E-state index is 14.1. The van der Waals surface area contributed by atoms with Gasteiger partial charge in [0.2, 0.25) is 0 Å². The number of halogens is 4. The number of rotatable bonds is 6. The molecule has 14 heteroatoms. The zero-order chi connectivity index (χ0) is 27.8. The van der Waals surface area contributed by atoms with E-state index in [2.05, 4.69) is 30.9 Å². The van der Waals surface area contributed by atoms with Crippen LogP contribution in [0.3, 0.4) is 0 Å². The molecule has 0 bridgehead atoms. The summed E-state index contributed by atoms with van der Waals surface area (Å²) in [6, 6.07) is 5.18. The van der Waals surface area contributed by atoms with Crippen LogP contribution in [0.5, 0.6) is 0 Å². The van der Waals surface area contributed by atoms with Crippen molar-refractivity contribution in [1.29, 1.82) is 0 Å². The first-order chi connectivity index (χ1) is 17.9. The van der Waals surface area contributed by atoms with E-state index in [4.69, 9.17) is 0 Å². The molecule has 0 saturated carbocycles. The Bertz CT molecular complexity index is 1380. The quantitative estimate of drug-likeness (QED) is 0.345. The van der Waals surface area contributed by atoms with Crippen LogP contribution in [-0.2, 0) is 6.18 Å². The van der Waals surface area contributed by atoms with Crippen molar-refractivity contribution in [2.75, 3.05) is 30.3 Å². The van der Waals surface area contributed by atoms with Crippen molar-refractivity contribution < 1.29 is 28.2 Å². The van der Waals surface area contributed by atoms with Crippen LogP contribution in [0.15, 0.2) is 44.6 Å². The van der Waals surface area contributed by atoms with E-state index in [1.807, 2.05) is 0 Å². The molecule has 3 atom stereocenters. The van der Waals surface area contributed by atoms with Gasteiger partial charge in [0.1, 0.15) is 5.82 Å². The molecular formula is C24H25BrF3N5O4S. The molecule has 1 saturated heterocycles. The number of piperazine rings is 1. The number of aromatic amines is 1. The largest absolute Gasteiger partial charge is 0.465 e. The van der Waals surface area contributed by atoms with E-state index in [1.54, 1.807) is 43.1 Å². The number of anilines is 1. The van der Waals surface area contributed by atoms with Crippen LogP contribution in [0.4, 0.5) is 23.8 Å². The van der Waals surface area contributed by atoms with Crippen LogP contribution in [0.2, 0.25) is 0 Å². The predicted octanol–water partition coefficient (Wildman–Crippen LogP) is 4.54. The molecule has 1 unspecified atom stereocenters. The molecular weight excluding hydrogens is 591 g/mol. The van der Waals surface area contributed by atoms with Crippen LogP contribution in [0, 0.1) is 0 Å². The summed E-state index contributed by atoms with van der Waals surface area (Å²) >= 11 is 4.16. The number of H-pyrrole nitrogens is 1. The van der Waals surface area contributed by atoms with Crippen LogP contribution in [0.25, 0.3) is 10.9 Å². The second-order valence-corrected chi connectivity index (χ2v) is 10.9. The highest BCUT2D eigenvalue weighted by molar-refractivity contribution is 9.10. The molecule has 2 aromatic heterocycles. The first kappa shape index (κ1) is 28.2. The zero-order valence-corrected chi connectivity index (χ0v) is 22.8. The standard InChI is InChI=1S/C24H25BrF3N5O4S/c1-12-8-32(9-13(2)33(12)23(36)37)21-15-7-16(24(26,27)28)18(25)20(19(15)30-22(35)31-21)38-11-14(10-34)17-5-3-4-6-29-17/h3-7,12-14,34H,8-11H2,1-2H3,(H,36,37)(H,30,31,35)/t12-,13+,14?. The topological polar surface area (TPSA) is 123 Å². The lowest BCUT2D eigenvalue weighted by atomic mass is 10.1. The van der Waals surface area contributed by atoms with E-state index >= 15 is 0 Å². The Hall–Kier alpha value is -2.84. The SMILES string of the molecule is C[C@@H]1CN(c2nc(=O)[nH]c3c(SCC(CO)c4ccccn4)c(Br)c(C(F)(F)F)cc23)C[C@H](C)N1C(=O)O. The molecule has 1 aromatic carbocycles. The Labute approximate surface area is 228 Å². The van der Waals surface area contributed by atoms with Crippen molar-refractivity contribution in [1.82, 2.24) is 19.9 Å². The molecule has 0 aliphatic carbocycles. The number of alkyl halides is 3. The number of hydrogen-bond donors (Lipinski definition) is 3. The smallest absolute Gasteiger partial charge is 0.417 e. The van der Waals surface area contributed by atoms with Crippen LogP contribution in [-0.4, -0.2) is 73.7 Å². The third kappa shape index (κ3) is 5.61. The summed E-state index contributed by atoms with van der Waals surface area (Å²) in [6.07, 6.45) is -4.24. The summed E-state index contributed by atoms with van der Waals surface area (Å²) in [7, 11) is 0. The molecule has 1 fully saturated rings. The molecule has 1 aliphatic rings. The number of aliphatic hydroxyl groups excluding tert-OH is 1. The number of fused-ring (bicyclic) bond motifs is 1. The number of hydrogen-bond acceptors (Lipinski definition) is 7. The molecule has 38 heavy (non-hydrogen) atoms. The first-order valence-corrected chi connectivity index (χ1v) is 13.4. The number of nitrogens with one attached hydrogen (secondary N) is 1. The third-order valence-electron chi connectivity index (χ3n) is 6.40. The summed E-state index contributed by atoms with van der Waals surface area (Å²) in [5, 5.41) is 19.5. The summed E-state index contributed by atoms with van der Waals surface area (Å²) in [4.78, 5) is 38.2. The normalized spacial score (nSPS) is 19.1. The maximum Gasteiger partial charge on any atom is 0.417 e. The second-order valence-electron chi connectivity index (χ2n) is 9.09. The van der Waals surface area contributed by atoms with Gasteiger partial charge in [0.15, 0.2) is 0 Å². The van der Waals surface area contributed by atoms with E-state index in [0.29, 0.717) is 5.69 Å². The number of aromatic nitrogens is 3. The molecule has 3 heterocycles. The van der Waals surface area contributed by atoms with Gasteiger partial charge in [-0.15, -0.1) is 11.8 Å². The van der Waals surface area contributed by atoms with E-state index in [-0.39, 0.29) is 51.5 Å². The summed E-state index contributed by atoms with van der Waals surface area (Å²) in [5.74, 6) is -0.222. The van der Waals surface area contributed by atoms with Gasteiger partial charge in [0.05, 0.1) is 29.8 Å². The van der Waals surface area contributed by atoms with Gasteiger partial charge in [0, 0.05) is 51.4 Å². The Morgan fingerprint density at radius 2 is 1.97 bits per heavy atom. The highest BCUT2D eigenvalue weighted by Crippen LogP contribution is 2.45. The van der Waals surface area contributed by atoms with Gasteiger partial charge in [-0.2, -0.15) is 18.2 Å². The monoisotopic (exact) mass is 615 g/mol. The molecule has 3 aromatic rings. The van der Waals surface area contributed by atoms with E-state index in [1.165, 1.54) is 4.90 Å². The molecule has 204 valence electrons. The van der Waals surface area contributed by atoms with Gasteiger partial charge in [-0.3, -0.25) is 9.88 Å². The lowest BCUT2D eigenvalue weighted by Crippen LogP contribution is -2.58. The number of carboxylic acid groups (broad SMARTS) is 1. The van der Waals surface area contributed by atoms with E-state index in [9.17, 15) is 33.0 Å². The summed E-state index contributed by atoms with van der Waals surface area (Å²) in [5.41, 5.74) is -0.926. The fourth-order valence-electron chi connectivity index (χ4n) is 4.71. The molecule has 4 rings (SSSR count). The Morgan fingerprint density at radius 1 is 1.29 bits per heavy atom. The van der Waals surface area contributed by atoms with Crippen LogP contribution >= 0.6 is 27.7 Å². The Balaban J connectivity index is 1.83. The van der Waals surface area contributed by atoms with Crippen molar-refractivity contribution >= 4 is 50.5 Å². The minimum absolute atomic E-state index is 0.0516. The van der Waals surface area contributed by atoms with E-state index in [0.717, 1.165) is 17.8 Å². The molecule has 1 aliphatic heterocycles. The average molecular weight is 616 g/mol. The van der Waals surface area contributed by atoms with Crippen molar-refractivity contribution in [3.05, 3.63) is 56.7 Å². The highest BCUT2D eigenvalue weighted by atomic mass is 79.9. The maximum atomic E-state index is 14.1. The van der Waals surface area contributed by atoms with Gasteiger partial charge >= 0.3 is 18.0 Å². The van der Waals surface area contributed by atoms with Gasteiger partial charge in [-0.1, -0.05) is 6.07 Å². The van der Waals surface area contributed by atoms with Crippen molar-refractivity contribution in [3.63, 3.8) is 0 Å². The first-order valence-electron chi connectivity index (χ1n) is 11.7. The van der Waals surface area contributed by atoms with Gasteiger partial charge in [0.25, 0.3) is 0 Å². The second kappa shape index (κ2) is 11.1. The number of thioether (sulfide) groups is 1. The number of aliphatic hydroxyl groups is 1. The Morgan fingerprint density at radius 3 is 2.53 bits per heavy atom. The number of amides is 1. The molecule has 9 nitrogen and oxygen atoms in total.